The van der Waals surface area contributed by atoms with Gasteiger partial charge in [0.25, 0.3) is 0 Å². The molecule has 0 saturated carbocycles. The molecule has 5 heteroatoms. The van der Waals surface area contributed by atoms with E-state index in [1.807, 2.05) is 51.2 Å². The predicted molar refractivity (Wildman–Crippen MR) is 104 cm³/mol. The molecule has 0 saturated heterocycles. The van der Waals surface area contributed by atoms with Crippen molar-refractivity contribution in [3.8, 4) is 5.75 Å². The lowest BCUT2D eigenvalue weighted by atomic mass is 10.0. The van der Waals surface area contributed by atoms with E-state index in [1.54, 1.807) is 12.0 Å². The molecule has 0 aliphatic heterocycles. The van der Waals surface area contributed by atoms with Crippen molar-refractivity contribution in [1.29, 1.82) is 0 Å². The zero-order valence-electron chi connectivity index (χ0n) is 15.3. The van der Waals surface area contributed by atoms with Crippen molar-refractivity contribution in [2.24, 2.45) is 5.73 Å². The topological polar surface area (TPSA) is 55.6 Å². The van der Waals surface area contributed by atoms with Gasteiger partial charge in [-0.3, -0.25) is 4.79 Å². The summed E-state index contributed by atoms with van der Waals surface area (Å²) in [6, 6.07) is 13.6. The Kier molecular flexibility index (Phi) is 7.94. The molecule has 0 aromatic heterocycles. The largest absolute Gasteiger partial charge is 0.496 e. The van der Waals surface area contributed by atoms with Gasteiger partial charge in [-0.25, -0.2) is 0 Å². The van der Waals surface area contributed by atoms with E-state index in [9.17, 15) is 4.79 Å². The van der Waals surface area contributed by atoms with E-state index < -0.39 is 0 Å². The van der Waals surface area contributed by atoms with Gasteiger partial charge in [0.15, 0.2) is 0 Å². The van der Waals surface area contributed by atoms with Crippen molar-refractivity contribution in [1.82, 2.24) is 4.90 Å². The third kappa shape index (κ3) is 5.48. The molecule has 136 valence electrons. The molecule has 1 unspecified atom stereocenters. The molecule has 2 aromatic carbocycles. The fraction of sp³-hybridized carbons (Fsp3) is 0.350. The number of nitrogens with two attached hydrogens (primary N) is 1. The van der Waals surface area contributed by atoms with Crippen LogP contribution in [-0.2, 0) is 11.3 Å². The Morgan fingerprint density at radius 2 is 1.72 bits per heavy atom. The normalized spacial score (nSPS) is 11.4. The fourth-order valence-corrected chi connectivity index (χ4v) is 2.98. The number of methoxy groups -OCH3 is 1. The summed E-state index contributed by atoms with van der Waals surface area (Å²) < 4.78 is 5.39. The van der Waals surface area contributed by atoms with Crippen LogP contribution in [0.1, 0.15) is 34.7 Å². The summed E-state index contributed by atoms with van der Waals surface area (Å²) in [5.41, 5.74) is 10.4. The fourth-order valence-electron chi connectivity index (χ4n) is 2.98. The van der Waals surface area contributed by atoms with Crippen molar-refractivity contribution < 1.29 is 9.53 Å². The van der Waals surface area contributed by atoms with Gasteiger partial charge in [0.1, 0.15) is 5.75 Å². The molecule has 4 nitrogen and oxygen atoms in total. The molecule has 2 rings (SSSR count). The van der Waals surface area contributed by atoms with Crippen LogP contribution >= 0.6 is 12.4 Å². The summed E-state index contributed by atoms with van der Waals surface area (Å²) in [6.45, 7) is 4.59. The highest BCUT2D eigenvalue weighted by molar-refractivity contribution is 5.85. The number of hydrogen-bond donors (Lipinski definition) is 1. The number of hydrogen-bond acceptors (Lipinski definition) is 3. The van der Waals surface area contributed by atoms with E-state index in [-0.39, 0.29) is 24.4 Å². The Morgan fingerprint density at radius 1 is 1.16 bits per heavy atom. The second kappa shape index (κ2) is 9.44. The summed E-state index contributed by atoms with van der Waals surface area (Å²) in [5.74, 6) is 0.941. The lowest BCUT2D eigenvalue weighted by molar-refractivity contribution is -0.130. The summed E-state index contributed by atoms with van der Waals surface area (Å²) in [4.78, 5) is 14.2. The second-order valence-electron chi connectivity index (χ2n) is 6.23. The van der Waals surface area contributed by atoms with Crippen molar-refractivity contribution >= 4 is 18.3 Å². The van der Waals surface area contributed by atoms with Crippen molar-refractivity contribution in [3.63, 3.8) is 0 Å². The number of amides is 1. The van der Waals surface area contributed by atoms with Gasteiger partial charge in [-0.1, -0.05) is 42.5 Å². The molecule has 2 aromatic rings. The Hall–Kier alpha value is -2.04. The minimum atomic E-state index is -0.277. The molecule has 0 aliphatic carbocycles. The zero-order valence-corrected chi connectivity index (χ0v) is 16.1. The second-order valence-corrected chi connectivity index (χ2v) is 6.23. The zero-order chi connectivity index (χ0) is 17.7. The van der Waals surface area contributed by atoms with E-state index in [0.717, 1.165) is 28.0 Å². The van der Waals surface area contributed by atoms with E-state index in [4.69, 9.17) is 10.5 Å². The number of aryl methyl sites for hydroxylation is 2. The van der Waals surface area contributed by atoms with Crippen LogP contribution in [-0.4, -0.2) is 25.0 Å². The molecule has 1 amide bonds. The molecule has 1 atom stereocenters. The summed E-state index contributed by atoms with van der Waals surface area (Å²) in [7, 11) is 3.49. The van der Waals surface area contributed by atoms with Crippen LogP contribution < -0.4 is 10.5 Å². The van der Waals surface area contributed by atoms with Gasteiger partial charge < -0.3 is 15.4 Å². The minimum absolute atomic E-state index is 0. The van der Waals surface area contributed by atoms with Gasteiger partial charge in [0.05, 0.1) is 7.11 Å². The molecule has 25 heavy (non-hydrogen) atoms. The summed E-state index contributed by atoms with van der Waals surface area (Å²) in [6.07, 6.45) is 0.300. The quantitative estimate of drug-likeness (QED) is 0.850. The number of carbonyl (C=O) groups excluding carboxylic acids is 1. The van der Waals surface area contributed by atoms with Gasteiger partial charge in [-0.15, -0.1) is 12.4 Å². The SMILES string of the molecule is COc1c(C)cc(CN(C)C(=O)CC(N)c2ccccc2)cc1C.Cl. The number of ether oxygens (including phenoxy) is 1. The molecular weight excluding hydrogens is 336 g/mol. The number of benzene rings is 2. The molecule has 0 fully saturated rings. The van der Waals surface area contributed by atoms with E-state index in [1.165, 1.54) is 0 Å². The van der Waals surface area contributed by atoms with Gasteiger partial charge in [0.2, 0.25) is 5.91 Å². The highest BCUT2D eigenvalue weighted by Gasteiger charge is 2.16. The van der Waals surface area contributed by atoms with Crippen LogP contribution in [0.15, 0.2) is 42.5 Å². The third-order valence-corrected chi connectivity index (χ3v) is 4.19. The Morgan fingerprint density at radius 3 is 2.24 bits per heavy atom. The average molecular weight is 363 g/mol. The lowest BCUT2D eigenvalue weighted by Gasteiger charge is -2.21. The minimum Gasteiger partial charge on any atom is -0.496 e. The van der Waals surface area contributed by atoms with Crippen LogP contribution in [0.2, 0.25) is 0 Å². The Labute approximate surface area is 156 Å². The van der Waals surface area contributed by atoms with Crippen molar-refractivity contribution in [2.45, 2.75) is 32.9 Å². The van der Waals surface area contributed by atoms with Gasteiger partial charge in [-0.05, 0) is 36.1 Å². The first-order valence-electron chi connectivity index (χ1n) is 8.11. The molecule has 0 bridgehead atoms. The van der Waals surface area contributed by atoms with E-state index in [2.05, 4.69) is 12.1 Å². The first kappa shape index (κ1) is 21.0. The molecular formula is C20H27ClN2O2. The van der Waals surface area contributed by atoms with Crippen LogP contribution in [0.3, 0.4) is 0 Å². The maximum atomic E-state index is 12.4. The highest BCUT2D eigenvalue weighted by Crippen LogP contribution is 2.25. The standard InChI is InChI=1S/C20H26N2O2.ClH/c1-14-10-16(11-15(2)20(14)24-4)13-22(3)19(23)12-18(21)17-8-6-5-7-9-17;/h5-11,18H,12-13,21H2,1-4H3;1H. The number of carbonyl (C=O) groups is 1. The third-order valence-electron chi connectivity index (χ3n) is 4.19. The van der Waals surface area contributed by atoms with E-state index >= 15 is 0 Å². The smallest absolute Gasteiger partial charge is 0.224 e. The summed E-state index contributed by atoms with van der Waals surface area (Å²) in [5, 5.41) is 0. The first-order valence-corrected chi connectivity index (χ1v) is 8.11. The summed E-state index contributed by atoms with van der Waals surface area (Å²) >= 11 is 0. The maximum Gasteiger partial charge on any atom is 0.224 e. The Bertz CT molecular complexity index is 681. The maximum absolute atomic E-state index is 12.4. The predicted octanol–water partition coefficient (Wildman–Crippen LogP) is 3.78. The highest BCUT2D eigenvalue weighted by atomic mass is 35.5. The van der Waals surface area contributed by atoms with Crippen molar-refractivity contribution in [3.05, 3.63) is 64.7 Å². The molecule has 2 N–H and O–H groups in total. The molecule has 0 radical (unpaired) electrons. The molecule has 0 heterocycles. The van der Waals surface area contributed by atoms with Crippen molar-refractivity contribution in [2.75, 3.05) is 14.2 Å². The van der Waals surface area contributed by atoms with E-state index in [0.29, 0.717) is 13.0 Å². The van der Waals surface area contributed by atoms with Crippen LogP contribution in [0.25, 0.3) is 0 Å². The average Bonchev–Trinajstić information content (AvgIpc) is 2.55. The Balaban J connectivity index is 0.00000312. The number of halogens is 1. The monoisotopic (exact) mass is 362 g/mol. The van der Waals surface area contributed by atoms with Crippen LogP contribution in [0.5, 0.6) is 5.75 Å². The number of rotatable bonds is 6. The van der Waals surface area contributed by atoms with Gasteiger partial charge in [-0.2, -0.15) is 0 Å². The first-order chi connectivity index (χ1) is 11.4. The van der Waals surface area contributed by atoms with Gasteiger partial charge in [0, 0.05) is 26.1 Å². The molecule has 0 aliphatic rings. The molecule has 0 spiro atoms. The van der Waals surface area contributed by atoms with Crippen LogP contribution in [0.4, 0.5) is 0 Å². The van der Waals surface area contributed by atoms with Gasteiger partial charge >= 0.3 is 0 Å². The lowest BCUT2D eigenvalue weighted by Crippen LogP contribution is -2.29. The number of nitrogens with zero attached hydrogens (tertiary/aromatic N) is 1. The van der Waals surface area contributed by atoms with Crippen LogP contribution in [0, 0.1) is 13.8 Å².